The Labute approximate surface area is 157 Å². The summed E-state index contributed by atoms with van der Waals surface area (Å²) in [4.78, 5) is 25.8. The highest BCUT2D eigenvalue weighted by atomic mass is 16.3. The molecule has 1 aromatic carbocycles. The molecule has 0 saturated heterocycles. The fraction of sp³-hybridized carbons (Fsp3) is 0.450. The maximum Gasteiger partial charge on any atom is 0.277 e. The number of amides is 2. The molecular formula is C20H24N4O3. The van der Waals surface area contributed by atoms with Crippen LogP contribution in [0.5, 0.6) is 0 Å². The fourth-order valence-electron chi connectivity index (χ4n) is 4.79. The van der Waals surface area contributed by atoms with Crippen molar-refractivity contribution in [2.24, 2.45) is 0 Å². The average Bonchev–Trinajstić information content (AvgIpc) is 3.18. The summed E-state index contributed by atoms with van der Waals surface area (Å²) in [6.45, 7) is 8.58. The number of imide groups is 1. The van der Waals surface area contributed by atoms with Crippen LogP contribution in [0, 0.1) is 0 Å². The zero-order chi connectivity index (χ0) is 19.6. The maximum absolute atomic E-state index is 12.6. The minimum Gasteiger partial charge on any atom is -0.395 e. The second-order valence-corrected chi connectivity index (χ2v) is 8.65. The van der Waals surface area contributed by atoms with Crippen LogP contribution in [0.2, 0.25) is 0 Å². The Morgan fingerprint density at radius 3 is 2.70 bits per heavy atom. The predicted molar refractivity (Wildman–Crippen MR) is 102 cm³/mol. The Hall–Kier alpha value is -2.67. The number of aromatic nitrogens is 2. The second-order valence-electron chi connectivity index (χ2n) is 8.65. The molecule has 0 radical (unpaired) electrons. The van der Waals surface area contributed by atoms with Crippen molar-refractivity contribution in [1.29, 1.82) is 0 Å². The van der Waals surface area contributed by atoms with Gasteiger partial charge in [-0.3, -0.25) is 19.6 Å². The van der Waals surface area contributed by atoms with Crippen LogP contribution in [0.4, 0.5) is 5.69 Å². The number of H-pyrrole nitrogens is 1. The molecule has 0 unspecified atom stereocenters. The Bertz CT molecular complexity index is 1000. The zero-order valence-electron chi connectivity index (χ0n) is 16.0. The number of nitrogens with one attached hydrogen (secondary N) is 2. The largest absolute Gasteiger partial charge is 0.395 e. The third kappa shape index (κ3) is 2.56. The number of aromatic amines is 1. The van der Waals surface area contributed by atoms with E-state index >= 15 is 0 Å². The maximum atomic E-state index is 12.6. The highest BCUT2D eigenvalue weighted by molar-refractivity contribution is 6.18. The third-order valence-corrected chi connectivity index (χ3v) is 5.63. The molecule has 0 saturated carbocycles. The Morgan fingerprint density at radius 2 is 2.00 bits per heavy atom. The Kier molecular flexibility index (Phi) is 3.72. The molecule has 0 bridgehead atoms. The highest BCUT2D eigenvalue weighted by Gasteiger charge is 2.45. The summed E-state index contributed by atoms with van der Waals surface area (Å²) in [6, 6.07) is 2.14. The number of anilines is 1. The lowest BCUT2D eigenvalue weighted by atomic mass is 9.81. The van der Waals surface area contributed by atoms with Gasteiger partial charge in [0.2, 0.25) is 0 Å². The molecule has 7 nitrogen and oxygen atoms in total. The number of hydrogen-bond acceptors (Lipinski definition) is 5. The molecule has 0 spiro atoms. The van der Waals surface area contributed by atoms with Crippen molar-refractivity contribution < 1.29 is 14.7 Å². The number of hydrogen-bond donors (Lipinski definition) is 3. The van der Waals surface area contributed by atoms with E-state index in [1.165, 1.54) is 11.6 Å². The lowest BCUT2D eigenvalue weighted by molar-refractivity contribution is -0.137. The number of aliphatic hydroxyl groups excluding tert-OH is 1. The van der Waals surface area contributed by atoms with E-state index in [0.717, 1.165) is 33.5 Å². The topological polar surface area (TPSA) is 98.3 Å². The third-order valence-electron chi connectivity index (χ3n) is 5.63. The number of β-amino-alcohol motifs (C(OH)–C–C–N with tert-alkyl or cyclic N) is 1. The summed E-state index contributed by atoms with van der Waals surface area (Å²) >= 11 is 0. The zero-order valence-corrected chi connectivity index (χ0v) is 16.0. The van der Waals surface area contributed by atoms with Crippen LogP contribution in [-0.4, -0.2) is 45.2 Å². The van der Waals surface area contributed by atoms with E-state index in [1.54, 1.807) is 6.20 Å². The molecule has 142 valence electrons. The molecule has 0 atom stereocenters. The summed E-state index contributed by atoms with van der Waals surface area (Å²) in [5.41, 5.74) is 4.21. The first-order valence-corrected chi connectivity index (χ1v) is 9.12. The number of fused-ring (bicyclic) bond motifs is 2. The summed E-state index contributed by atoms with van der Waals surface area (Å²) in [5.74, 6) is -0.828. The monoisotopic (exact) mass is 368 g/mol. The van der Waals surface area contributed by atoms with E-state index in [4.69, 9.17) is 5.11 Å². The van der Waals surface area contributed by atoms with Crippen LogP contribution < -0.4 is 5.32 Å². The van der Waals surface area contributed by atoms with Gasteiger partial charge in [0.1, 0.15) is 5.70 Å². The minimum absolute atomic E-state index is 0.00805. The van der Waals surface area contributed by atoms with Gasteiger partial charge in [-0.2, -0.15) is 5.10 Å². The molecule has 2 aromatic rings. The van der Waals surface area contributed by atoms with Gasteiger partial charge >= 0.3 is 0 Å². The average molecular weight is 368 g/mol. The first-order valence-electron chi connectivity index (χ1n) is 9.12. The molecular weight excluding hydrogens is 344 g/mol. The van der Waals surface area contributed by atoms with Gasteiger partial charge in [-0.25, -0.2) is 0 Å². The summed E-state index contributed by atoms with van der Waals surface area (Å²) in [7, 11) is 0. The van der Waals surface area contributed by atoms with Gasteiger partial charge in [0.25, 0.3) is 11.8 Å². The molecule has 1 aromatic heterocycles. The van der Waals surface area contributed by atoms with Crippen molar-refractivity contribution in [1.82, 2.24) is 15.1 Å². The predicted octanol–water partition coefficient (Wildman–Crippen LogP) is 2.18. The standard InChI is InChI=1S/C20H24N4O3/c1-19(2)10-20(3,4)16-12(19)7-13-11(9-21-23-13)17(16)22-14-8-15(26)24(5-6-25)18(14)27/h7-9,22,25H,5-6,10H2,1-4H3,(H,21,23). The Morgan fingerprint density at radius 1 is 1.26 bits per heavy atom. The highest BCUT2D eigenvalue weighted by Crippen LogP contribution is 2.54. The van der Waals surface area contributed by atoms with Crippen molar-refractivity contribution in [3.63, 3.8) is 0 Å². The number of rotatable bonds is 4. The fourth-order valence-corrected chi connectivity index (χ4v) is 4.79. The molecule has 4 rings (SSSR count). The molecule has 1 aliphatic heterocycles. The van der Waals surface area contributed by atoms with E-state index in [9.17, 15) is 9.59 Å². The smallest absolute Gasteiger partial charge is 0.277 e. The van der Waals surface area contributed by atoms with Crippen molar-refractivity contribution >= 4 is 28.4 Å². The van der Waals surface area contributed by atoms with Crippen LogP contribution >= 0.6 is 0 Å². The van der Waals surface area contributed by atoms with E-state index in [1.807, 2.05) is 0 Å². The molecule has 1 aliphatic carbocycles. The molecule has 2 heterocycles. The lowest BCUT2D eigenvalue weighted by Gasteiger charge is -2.24. The molecule has 7 heteroatoms. The number of aliphatic hydroxyl groups is 1. The van der Waals surface area contributed by atoms with Gasteiger partial charge < -0.3 is 10.4 Å². The van der Waals surface area contributed by atoms with Gasteiger partial charge in [-0.1, -0.05) is 27.7 Å². The molecule has 2 aliphatic rings. The van der Waals surface area contributed by atoms with Gasteiger partial charge in [0.15, 0.2) is 0 Å². The van der Waals surface area contributed by atoms with Crippen molar-refractivity contribution in [3.05, 3.63) is 35.2 Å². The number of carbonyl (C=O) groups excluding carboxylic acids is 2. The van der Waals surface area contributed by atoms with Gasteiger partial charge in [0.05, 0.1) is 30.6 Å². The van der Waals surface area contributed by atoms with Crippen LogP contribution in [-0.2, 0) is 20.4 Å². The van der Waals surface area contributed by atoms with Crippen LogP contribution in [0.15, 0.2) is 24.0 Å². The van der Waals surface area contributed by atoms with Crippen LogP contribution in [0.25, 0.3) is 10.9 Å². The molecule has 3 N–H and O–H groups in total. The van der Waals surface area contributed by atoms with E-state index in [2.05, 4.69) is 49.3 Å². The number of nitrogens with zero attached hydrogens (tertiary/aromatic N) is 2. The number of benzene rings is 1. The first kappa shape index (κ1) is 17.7. The summed E-state index contributed by atoms with van der Waals surface area (Å²) in [6.07, 6.45) is 4.02. The molecule has 0 fully saturated rings. The quantitative estimate of drug-likeness (QED) is 0.719. The van der Waals surface area contributed by atoms with E-state index in [0.29, 0.717) is 0 Å². The van der Waals surface area contributed by atoms with Gasteiger partial charge in [-0.15, -0.1) is 0 Å². The summed E-state index contributed by atoms with van der Waals surface area (Å²) < 4.78 is 0. The van der Waals surface area contributed by atoms with Crippen molar-refractivity contribution in [3.8, 4) is 0 Å². The van der Waals surface area contributed by atoms with Crippen molar-refractivity contribution in [2.45, 2.75) is 44.9 Å². The van der Waals surface area contributed by atoms with Crippen LogP contribution in [0.1, 0.15) is 45.2 Å². The summed E-state index contributed by atoms with van der Waals surface area (Å²) in [5, 5.41) is 20.4. The number of carbonyl (C=O) groups is 2. The van der Waals surface area contributed by atoms with Crippen LogP contribution in [0.3, 0.4) is 0 Å². The SMILES string of the molecule is CC1(C)CC(C)(C)c2c1cc1[nH]ncc1c2NC1=CC(=O)N(CCO)C1=O. The Balaban J connectivity index is 1.86. The van der Waals surface area contributed by atoms with Crippen molar-refractivity contribution in [2.75, 3.05) is 18.5 Å². The first-order chi connectivity index (χ1) is 12.7. The minimum atomic E-state index is -0.418. The van der Waals surface area contributed by atoms with Gasteiger partial charge in [-0.05, 0) is 34.4 Å². The second kappa shape index (κ2) is 5.66. The van der Waals surface area contributed by atoms with E-state index < -0.39 is 11.8 Å². The normalized spacial score (nSPS) is 20.3. The molecule has 2 amide bonds. The lowest BCUT2D eigenvalue weighted by Crippen LogP contribution is -2.34. The van der Waals surface area contributed by atoms with Gasteiger partial charge in [0, 0.05) is 11.5 Å². The molecule has 27 heavy (non-hydrogen) atoms. The van der Waals surface area contributed by atoms with E-state index in [-0.39, 0.29) is 29.7 Å².